The highest BCUT2D eigenvalue weighted by molar-refractivity contribution is 5.92. The number of amides is 1. The molecule has 1 amide bonds. The molecule has 1 aliphatic heterocycles. The number of carbonyl (C=O) groups is 1. The zero-order chi connectivity index (χ0) is 13.7. The second-order valence-electron chi connectivity index (χ2n) is 4.56. The molecule has 1 aromatic carbocycles. The molecule has 1 atom stereocenters. The number of carbonyl (C=O) groups excluding carboxylic acids is 1. The Morgan fingerprint density at radius 2 is 2.42 bits per heavy atom. The van der Waals surface area contributed by atoms with Crippen LogP contribution in [0.4, 0.5) is 11.4 Å². The Morgan fingerprint density at radius 1 is 1.58 bits per heavy atom. The molecule has 0 spiro atoms. The number of aliphatic hydroxyl groups excluding tert-OH is 1. The summed E-state index contributed by atoms with van der Waals surface area (Å²) >= 11 is 0. The van der Waals surface area contributed by atoms with E-state index in [4.69, 9.17) is 10.5 Å². The molecule has 104 valence electrons. The van der Waals surface area contributed by atoms with E-state index in [0.29, 0.717) is 31.1 Å². The number of nitrogens with one attached hydrogen (secondary N) is 1. The standard InChI is InChI=1S/C13H19N3O3/c14-10-2-1-3-11(6-10)15-13(18)7-16-4-5-19-9-12(16)8-17/h1-3,6,12,17H,4-5,7-9,14H2,(H,15,18). The second-order valence-corrected chi connectivity index (χ2v) is 4.56. The second kappa shape index (κ2) is 6.51. The van der Waals surface area contributed by atoms with E-state index in [-0.39, 0.29) is 25.1 Å². The first kappa shape index (κ1) is 13.8. The molecule has 19 heavy (non-hydrogen) atoms. The van der Waals surface area contributed by atoms with E-state index in [1.165, 1.54) is 0 Å². The summed E-state index contributed by atoms with van der Waals surface area (Å²) in [4.78, 5) is 13.9. The minimum Gasteiger partial charge on any atom is -0.399 e. The topological polar surface area (TPSA) is 87.8 Å². The Balaban J connectivity index is 1.90. The predicted molar refractivity (Wildman–Crippen MR) is 72.7 cm³/mol. The lowest BCUT2D eigenvalue weighted by atomic mass is 10.2. The van der Waals surface area contributed by atoms with Crippen LogP contribution in [0.2, 0.25) is 0 Å². The van der Waals surface area contributed by atoms with Gasteiger partial charge in [-0.15, -0.1) is 0 Å². The van der Waals surface area contributed by atoms with Crippen molar-refractivity contribution in [3.05, 3.63) is 24.3 Å². The van der Waals surface area contributed by atoms with Gasteiger partial charge in [-0.3, -0.25) is 9.69 Å². The summed E-state index contributed by atoms with van der Waals surface area (Å²) in [6.45, 7) is 1.93. The molecular formula is C13H19N3O3. The van der Waals surface area contributed by atoms with Gasteiger partial charge in [-0.05, 0) is 18.2 Å². The number of nitrogens with two attached hydrogens (primary N) is 1. The van der Waals surface area contributed by atoms with Gasteiger partial charge < -0.3 is 20.9 Å². The van der Waals surface area contributed by atoms with Crippen LogP contribution in [-0.4, -0.2) is 54.9 Å². The highest BCUT2D eigenvalue weighted by Crippen LogP contribution is 2.12. The van der Waals surface area contributed by atoms with Crippen molar-refractivity contribution in [2.75, 3.05) is 44.0 Å². The third kappa shape index (κ3) is 3.92. The van der Waals surface area contributed by atoms with E-state index in [1.54, 1.807) is 24.3 Å². The van der Waals surface area contributed by atoms with Crippen molar-refractivity contribution in [1.29, 1.82) is 0 Å². The predicted octanol–water partition coefficient (Wildman–Crippen LogP) is -0.0996. The Labute approximate surface area is 112 Å². The summed E-state index contributed by atoms with van der Waals surface area (Å²) in [5, 5.41) is 12.0. The summed E-state index contributed by atoms with van der Waals surface area (Å²) in [6, 6.07) is 6.94. The molecule has 0 bridgehead atoms. The largest absolute Gasteiger partial charge is 0.399 e. The van der Waals surface area contributed by atoms with Crippen molar-refractivity contribution < 1.29 is 14.6 Å². The SMILES string of the molecule is Nc1cccc(NC(=O)CN2CCOCC2CO)c1. The van der Waals surface area contributed by atoms with Crippen LogP contribution in [-0.2, 0) is 9.53 Å². The molecule has 0 saturated carbocycles. The van der Waals surface area contributed by atoms with Crippen molar-refractivity contribution in [3.63, 3.8) is 0 Å². The van der Waals surface area contributed by atoms with Crippen LogP contribution < -0.4 is 11.1 Å². The van der Waals surface area contributed by atoms with Crippen LogP contribution in [0.1, 0.15) is 0 Å². The summed E-state index contributed by atoms with van der Waals surface area (Å²) in [5.74, 6) is -0.119. The molecule has 1 heterocycles. The number of nitrogen functional groups attached to an aromatic ring is 1. The van der Waals surface area contributed by atoms with Crippen LogP contribution in [0.25, 0.3) is 0 Å². The smallest absolute Gasteiger partial charge is 0.238 e. The third-order valence-corrected chi connectivity index (χ3v) is 3.08. The Kier molecular flexibility index (Phi) is 4.73. The molecule has 1 fully saturated rings. The fourth-order valence-electron chi connectivity index (χ4n) is 2.07. The molecule has 1 aromatic rings. The number of hydrogen-bond donors (Lipinski definition) is 3. The molecule has 0 aromatic heterocycles. The lowest BCUT2D eigenvalue weighted by Crippen LogP contribution is -2.50. The van der Waals surface area contributed by atoms with Crippen molar-refractivity contribution in [2.45, 2.75) is 6.04 Å². The summed E-state index contributed by atoms with van der Waals surface area (Å²) < 4.78 is 5.27. The number of benzene rings is 1. The minimum atomic E-state index is -0.119. The van der Waals surface area contributed by atoms with Gasteiger partial charge in [0.25, 0.3) is 0 Å². The highest BCUT2D eigenvalue weighted by Gasteiger charge is 2.24. The van der Waals surface area contributed by atoms with Gasteiger partial charge in [-0.25, -0.2) is 0 Å². The zero-order valence-electron chi connectivity index (χ0n) is 10.7. The average molecular weight is 265 g/mol. The molecule has 6 nitrogen and oxygen atoms in total. The normalized spacial score (nSPS) is 20.2. The van der Waals surface area contributed by atoms with E-state index in [1.807, 2.05) is 4.90 Å². The van der Waals surface area contributed by atoms with Gasteiger partial charge in [0, 0.05) is 17.9 Å². The van der Waals surface area contributed by atoms with Crippen molar-refractivity contribution in [3.8, 4) is 0 Å². The zero-order valence-corrected chi connectivity index (χ0v) is 10.7. The fourth-order valence-corrected chi connectivity index (χ4v) is 2.07. The van der Waals surface area contributed by atoms with E-state index >= 15 is 0 Å². The van der Waals surface area contributed by atoms with Crippen LogP contribution in [0, 0.1) is 0 Å². The molecule has 0 aliphatic carbocycles. The van der Waals surface area contributed by atoms with E-state index in [9.17, 15) is 9.90 Å². The first-order valence-electron chi connectivity index (χ1n) is 6.27. The quantitative estimate of drug-likeness (QED) is 0.662. The summed E-state index contributed by atoms with van der Waals surface area (Å²) in [7, 11) is 0. The van der Waals surface area contributed by atoms with Gasteiger partial charge in [-0.2, -0.15) is 0 Å². The minimum absolute atomic E-state index is 0.00837. The summed E-state index contributed by atoms with van der Waals surface area (Å²) in [6.07, 6.45) is 0. The number of morpholine rings is 1. The van der Waals surface area contributed by atoms with E-state index in [2.05, 4.69) is 5.32 Å². The molecule has 6 heteroatoms. The van der Waals surface area contributed by atoms with Gasteiger partial charge in [0.1, 0.15) is 0 Å². The number of nitrogens with zero attached hydrogens (tertiary/aromatic N) is 1. The number of anilines is 2. The maximum absolute atomic E-state index is 11.9. The van der Waals surface area contributed by atoms with Crippen LogP contribution in [0.3, 0.4) is 0 Å². The van der Waals surface area contributed by atoms with Crippen molar-refractivity contribution in [2.24, 2.45) is 0 Å². The molecule has 2 rings (SSSR count). The van der Waals surface area contributed by atoms with Gasteiger partial charge in [0.2, 0.25) is 5.91 Å². The van der Waals surface area contributed by atoms with Crippen molar-refractivity contribution >= 4 is 17.3 Å². The number of hydrogen-bond acceptors (Lipinski definition) is 5. The maximum Gasteiger partial charge on any atom is 0.238 e. The molecule has 1 unspecified atom stereocenters. The van der Waals surface area contributed by atoms with Crippen LogP contribution in [0.5, 0.6) is 0 Å². The lowest BCUT2D eigenvalue weighted by Gasteiger charge is -2.33. The third-order valence-electron chi connectivity index (χ3n) is 3.08. The Morgan fingerprint density at radius 3 is 3.16 bits per heavy atom. The lowest BCUT2D eigenvalue weighted by molar-refractivity contribution is -0.120. The van der Waals surface area contributed by atoms with E-state index in [0.717, 1.165) is 0 Å². The van der Waals surface area contributed by atoms with Gasteiger partial charge in [0.15, 0.2) is 0 Å². The van der Waals surface area contributed by atoms with Gasteiger partial charge >= 0.3 is 0 Å². The summed E-state index contributed by atoms with van der Waals surface area (Å²) in [5.41, 5.74) is 6.94. The molecule has 1 aliphatic rings. The number of aliphatic hydroxyl groups is 1. The maximum atomic E-state index is 11.9. The number of ether oxygens (including phenoxy) is 1. The first-order chi connectivity index (χ1) is 9.19. The van der Waals surface area contributed by atoms with Gasteiger partial charge in [0.05, 0.1) is 32.4 Å². The van der Waals surface area contributed by atoms with Crippen LogP contribution in [0.15, 0.2) is 24.3 Å². The average Bonchev–Trinajstić information content (AvgIpc) is 2.39. The first-order valence-corrected chi connectivity index (χ1v) is 6.27. The monoisotopic (exact) mass is 265 g/mol. The molecule has 4 N–H and O–H groups in total. The fraction of sp³-hybridized carbons (Fsp3) is 0.462. The highest BCUT2D eigenvalue weighted by atomic mass is 16.5. The Bertz CT molecular complexity index is 439. The van der Waals surface area contributed by atoms with Gasteiger partial charge in [-0.1, -0.05) is 6.07 Å². The van der Waals surface area contributed by atoms with E-state index < -0.39 is 0 Å². The van der Waals surface area contributed by atoms with Crippen molar-refractivity contribution in [1.82, 2.24) is 4.90 Å². The Hall–Kier alpha value is -1.63. The van der Waals surface area contributed by atoms with Crippen LogP contribution >= 0.6 is 0 Å². The molecular weight excluding hydrogens is 246 g/mol. The number of rotatable bonds is 4. The molecule has 0 radical (unpaired) electrons. The molecule has 1 saturated heterocycles.